The molecule has 3 aromatic rings. The predicted molar refractivity (Wildman–Crippen MR) is 100 cm³/mol. The summed E-state index contributed by atoms with van der Waals surface area (Å²) in [6, 6.07) is 11.9. The van der Waals surface area contributed by atoms with Crippen molar-refractivity contribution < 1.29 is 9.53 Å². The molecule has 0 radical (unpaired) electrons. The molecule has 4 rings (SSSR count). The SMILES string of the molecule is COc1ccc2c(c1)sc(=NC(=O)c1ccc3c(c1)CCCC3)n2C. The molecule has 1 aliphatic rings. The van der Waals surface area contributed by atoms with Crippen LogP contribution in [0.25, 0.3) is 10.2 Å². The van der Waals surface area contributed by atoms with Crippen LogP contribution in [0, 0.1) is 0 Å². The Morgan fingerprint density at radius 2 is 1.92 bits per heavy atom. The van der Waals surface area contributed by atoms with E-state index in [1.807, 2.05) is 41.9 Å². The molecule has 128 valence electrons. The van der Waals surface area contributed by atoms with Crippen molar-refractivity contribution in [2.45, 2.75) is 25.7 Å². The molecule has 2 aromatic carbocycles. The smallest absolute Gasteiger partial charge is 0.279 e. The van der Waals surface area contributed by atoms with Crippen LogP contribution >= 0.6 is 11.3 Å². The Balaban J connectivity index is 1.74. The van der Waals surface area contributed by atoms with E-state index in [-0.39, 0.29) is 5.91 Å². The van der Waals surface area contributed by atoms with Crippen LogP contribution in [0.3, 0.4) is 0 Å². The third kappa shape index (κ3) is 3.00. The summed E-state index contributed by atoms with van der Waals surface area (Å²) in [6.45, 7) is 0. The maximum absolute atomic E-state index is 12.7. The van der Waals surface area contributed by atoms with Gasteiger partial charge in [0.2, 0.25) is 0 Å². The molecule has 0 saturated carbocycles. The van der Waals surface area contributed by atoms with Crippen LogP contribution in [0.2, 0.25) is 0 Å². The number of carbonyl (C=O) groups excluding carboxylic acids is 1. The predicted octanol–water partition coefficient (Wildman–Crippen LogP) is 3.87. The maximum atomic E-state index is 12.7. The van der Waals surface area contributed by atoms with Crippen molar-refractivity contribution in [2.75, 3.05) is 7.11 Å². The lowest BCUT2D eigenvalue weighted by Crippen LogP contribution is -2.13. The van der Waals surface area contributed by atoms with Gasteiger partial charge in [-0.2, -0.15) is 4.99 Å². The van der Waals surface area contributed by atoms with Gasteiger partial charge in [0.25, 0.3) is 5.91 Å². The summed E-state index contributed by atoms with van der Waals surface area (Å²) in [7, 11) is 3.59. The number of methoxy groups -OCH3 is 1. The van der Waals surface area contributed by atoms with Crippen LogP contribution in [0.5, 0.6) is 5.75 Å². The summed E-state index contributed by atoms with van der Waals surface area (Å²) in [5.74, 6) is 0.629. The molecule has 5 heteroatoms. The van der Waals surface area contributed by atoms with E-state index < -0.39 is 0 Å². The number of benzene rings is 2. The van der Waals surface area contributed by atoms with Crippen LogP contribution in [0.1, 0.15) is 34.3 Å². The van der Waals surface area contributed by atoms with E-state index in [0.717, 1.165) is 28.8 Å². The number of aromatic nitrogens is 1. The van der Waals surface area contributed by atoms with Gasteiger partial charge in [0, 0.05) is 12.6 Å². The fourth-order valence-electron chi connectivity index (χ4n) is 3.37. The standard InChI is InChI=1S/C20H20N2O2S/c1-22-17-10-9-16(24-2)12-18(17)25-20(22)21-19(23)15-8-7-13-5-3-4-6-14(13)11-15/h7-12H,3-6H2,1-2H3. The van der Waals surface area contributed by atoms with Gasteiger partial charge in [-0.15, -0.1) is 0 Å². The second kappa shape index (κ2) is 6.48. The zero-order valence-electron chi connectivity index (χ0n) is 14.4. The zero-order valence-corrected chi connectivity index (χ0v) is 15.2. The van der Waals surface area contributed by atoms with E-state index in [4.69, 9.17) is 4.74 Å². The molecule has 25 heavy (non-hydrogen) atoms. The summed E-state index contributed by atoms with van der Waals surface area (Å²) >= 11 is 1.50. The first-order chi connectivity index (χ1) is 12.2. The largest absolute Gasteiger partial charge is 0.497 e. The summed E-state index contributed by atoms with van der Waals surface area (Å²) in [6.07, 6.45) is 4.63. The lowest BCUT2D eigenvalue weighted by atomic mass is 9.90. The van der Waals surface area contributed by atoms with Gasteiger partial charge in [-0.3, -0.25) is 4.79 Å². The number of hydrogen-bond donors (Lipinski definition) is 0. The second-order valence-corrected chi connectivity index (χ2v) is 7.39. The molecule has 4 nitrogen and oxygen atoms in total. The van der Waals surface area contributed by atoms with Gasteiger partial charge in [-0.1, -0.05) is 17.4 Å². The zero-order chi connectivity index (χ0) is 17.4. The number of aryl methyl sites for hydroxylation is 3. The van der Waals surface area contributed by atoms with Crippen molar-refractivity contribution >= 4 is 27.5 Å². The van der Waals surface area contributed by atoms with Crippen LogP contribution in [0.15, 0.2) is 41.4 Å². The fourth-order valence-corrected chi connectivity index (χ4v) is 4.41. The minimum atomic E-state index is -0.178. The van der Waals surface area contributed by atoms with Crippen LogP contribution < -0.4 is 9.54 Å². The van der Waals surface area contributed by atoms with Crippen LogP contribution in [-0.4, -0.2) is 17.6 Å². The van der Waals surface area contributed by atoms with E-state index in [0.29, 0.717) is 10.4 Å². The highest BCUT2D eigenvalue weighted by Gasteiger charge is 2.13. The topological polar surface area (TPSA) is 43.6 Å². The first-order valence-corrected chi connectivity index (χ1v) is 9.32. The van der Waals surface area contributed by atoms with Crippen molar-refractivity contribution in [3.05, 3.63) is 57.9 Å². The van der Waals surface area contributed by atoms with Gasteiger partial charge in [0.15, 0.2) is 4.80 Å². The molecule has 0 atom stereocenters. The van der Waals surface area contributed by atoms with Gasteiger partial charge < -0.3 is 9.30 Å². The number of thiazole rings is 1. The molecule has 1 heterocycles. The van der Waals surface area contributed by atoms with E-state index in [1.54, 1.807) is 7.11 Å². The average Bonchev–Trinajstić information content (AvgIpc) is 2.96. The van der Waals surface area contributed by atoms with Crippen molar-refractivity contribution in [3.8, 4) is 5.75 Å². The second-order valence-electron chi connectivity index (χ2n) is 6.38. The summed E-state index contributed by atoms with van der Waals surface area (Å²) in [5, 5.41) is 0. The Kier molecular flexibility index (Phi) is 4.17. The third-order valence-electron chi connectivity index (χ3n) is 4.81. The number of ether oxygens (including phenoxy) is 1. The molecule has 1 amide bonds. The van der Waals surface area contributed by atoms with E-state index in [9.17, 15) is 4.79 Å². The Morgan fingerprint density at radius 3 is 2.72 bits per heavy atom. The quantitative estimate of drug-likeness (QED) is 0.703. The number of hydrogen-bond acceptors (Lipinski definition) is 3. The van der Waals surface area contributed by atoms with E-state index >= 15 is 0 Å². The van der Waals surface area contributed by atoms with E-state index in [2.05, 4.69) is 11.1 Å². The van der Waals surface area contributed by atoms with Crippen molar-refractivity contribution in [1.29, 1.82) is 0 Å². The minimum Gasteiger partial charge on any atom is -0.497 e. The lowest BCUT2D eigenvalue weighted by molar-refractivity contribution is 0.0998. The van der Waals surface area contributed by atoms with Gasteiger partial charge in [0.1, 0.15) is 5.75 Å². The number of nitrogens with zero attached hydrogens (tertiary/aromatic N) is 2. The van der Waals surface area contributed by atoms with Crippen molar-refractivity contribution in [1.82, 2.24) is 4.57 Å². The Labute approximate surface area is 150 Å². The van der Waals surface area contributed by atoms with Gasteiger partial charge >= 0.3 is 0 Å². The van der Waals surface area contributed by atoms with Gasteiger partial charge in [-0.05, 0) is 67.1 Å². The molecular formula is C20H20N2O2S. The maximum Gasteiger partial charge on any atom is 0.279 e. The minimum absolute atomic E-state index is 0.178. The van der Waals surface area contributed by atoms with Crippen molar-refractivity contribution in [3.63, 3.8) is 0 Å². The summed E-state index contributed by atoms with van der Waals surface area (Å²) in [4.78, 5) is 17.7. The number of rotatable bonds is 2. The molecule has 0 spiro atoms. The Hall–Kier alpha value is -2.40. The summed E-state index contributed by atoms with van der Waals surface area (Å²) < 4.78 is 8.28. The van der Waals surface area contributed by atoms with Gasteiger partial charge in [0.05, 0.1) is 17.3 Å². The highest BCUT2D eigenvalue weighted by molar-refractivity contribution is 7.16. The van der Waals surface area contributed by atoms with Crippen LogP contribution in [-0.2, 0) is 19.9 Å². The molecule has 0 fully saturated rings. The van der Waals surface area contributed by atoms with Crippen LogP contribution in [0.4, 0.5) is 0 Å². The fraction of sp³-hybridized carbons (Fsp3) is 0.300. The third-order valence-corrected chi connectivity index (χ3v) is 5.90. The number of carbonyl (C=O) groups is 1. The first kappa shape index (κ1) is 16.1. The normalized spacial score (nSPS) is 14.6. The van der Waals surface area contributed by atoms with Crippen molar-refractivity contribution in [2.24, 2.45) is 12.0 Å². The molecule has 0 aliphatic heterocycles. The average molecular weight is 352 g/mol. The summed E-state index contributed by atoms with van der Waals surface area (Å²) in [5.41, 5.74) is 4.40. The van der Waals surface area contributed by atoms with Gasteiger partial charge in [-0.25, -0.2) is 0 Å². The molecule has 0 saturated heterocycles. The molecule has 1 aliphatic carbocycles. The number of fused-ring (bicyclic) bond motifs is 2. The first-order valence-electron chi connectivity index (χ1n) is 8.50. The Morgan fingerprint density at radius 1 is 1.12 bits per heavy atom. The molecule has 0 bridgehead atoms. The molecule has 1 aromatic heterocycles. The van der Waals surface area contributed by atoms with E-state index in [1.165, 1.54) is 35.3 Å². The monoisotopic (exact) mass is 352 g/mol. The lowest BCUT2D eigenvalue weighted by Gasteiger charge is -2.15. The highest BCUT2D eigenvalue weighted by atomic mass is 32.1. The highest BCUT2D eigenvalue weighted by Crippen LogP contribution is 2.24. The molecule has 0 N–H and O–H groups in total. The molecular weight excluding hydrogens is 332 g/mol. The number of amides is 1. The molecule has 0 unspecified atom stereocenters. The Bertz CT molecular complexity index is 1030.